The molecule has 2 nitrogen and oxygen atoms in total. The molecule has 0 aliphatic carbocycles. The van der Waals surface area contributed by atoms with E-state index >= 15 is 0 Å². The van der Waals surface area contributed by atoms with Gasteiger partial charge in [-0.3, -0.25) is 0 Å². The van der Waals surface area contributed by atoms with Crippen LogP contribution in [0.4, 0.5) is 0 Å². The summed E-state index contributed by atoms with van der Waals surface area (Å²) in [7, 11) is -1.69. The Bertz CT molecular complexity index is 181. The van der Waals surface area contributed by atoms with E-state index in [1.165, 1.54) is 0 Å². The summed E-state index contributed by atoms with van der Waals surface area (Å²) in [5, 5.41) is 9.05. The van der Waals surface area contributed by atoms with Gasteiger partial charge in [0.2, 0.25) is 0 Å². The van der Waals surface area contributed by atoms with Gasteiger partial charge in [0, 0.05) is 13.2 Å². The lowest BCUT2D eigenvalue weighted by Crippen LogP contribution is -2.48. The largest absolute Gasteiger partial charge is 0.416 e. The van der Waals surface area contributed by atoms with Crippen molar-refractivity contribution in [1.82, 2.24) is 0 Å². The van der Waals surface area contributed by atoms with Crippen LogP contribution in [0.15, 0.2) is 0 Å². The molecule has 17 heavy (non-hydrogen) atoms. The number of rotatable bonds is 8. The Morgan fingerprint density at radius 1 is 0.882 bits per heavy atom. The average molecular weight is 260 g/mol. The van der Waals surface area contributed by atoms with Crippen LogP contribution in [0.25, 0.3) is 0 Å². The summed E-state index contributed by atoms with van der Waals surface area (Å²) in [6.45, 7) is 17.0. The smallest absolute Gasteiger partial charge is 0.200 e. The first-order valence-electron chi connectivity index (χ1n) is 7.03. The van der Waals surface area contributed by atoms with Crippen molar-refractivity contribution in [2.75, 3.05) is 13.2 Å². The van der Waals surface area contributed by atoms with Gasteiger partial charge in [-0.05, 0) is 29.0 Å². The van der Waals surface area contributed by atoms with Crippen molar-refractivity contribution >= 4 is 8.32 Å². The Balaban J connectivity index is 4.59. The van der Waals surface area contributed by atoms with Crippen LogP contribution in [0.1, 0.15) is 54.9 Å². The van der Waals surface area contributed by atoms with E-state index in [0.29, 0.717) is 22.5 Å². The number of hydrogen-bond donors (Lipinski definition) is 1. The molecule has 0 heterocycles. The van der Waals surface area contributed by atoms with Gasteiger partial charge in [0.15, 0.2) is 8.32 Å². The molecule has 3 heteroatoms. The van der Waals surface area contributed by atoms with E-state index in [2.05, 4.69) is 48.5 Å². The molecular formula is C14H32O2Si. The molecule has 0 aromatic heterocycles. The Morgan fingerprint density at radius 2 is 1.29 bits per heavy atom. The topological polar surface area (TPSA) is 29.5 Å². The average Bonchev–Trinajstić information content (AvgIpc) is 2.22. The van der Waals surface area contributed by atoms with Crippen LogP contribution >= 0.6 is 0 Å². The first-order chi connectivity index (χ1) is 7.78. The molecule has 0 aromatic rings. The first-order valence-corrected chi connectivity index (χ1v) is 9.17. The Labute approximate surface area is 109 Å². The zero-order valence-electron chi connectivity index (χ0n) is 12.8. The molecule has 0 aliphatic heterocycles. The van der Waals surface area contributed by atoms with E-state index in [0.717, 1.165) is 13.0 Å². The van der Waals surface area contributed by atoms with Gasteiger partial charge in [0.1, 0.15) is 0 Å². The highest BCUT2D eigenvalue weighted by Gasteiger charge is 2.44. The van der Waals surface area contributed by atoms with E-state index in [9.17, 15) is 0 Å². The maximum atomic E-state index is 9.05. The van der Waals surface area contributed by atoms with E-state index in [4.69, 9.17) is 9.53 Å². The zero-order valence-corrected chi connectivity index (χ0v) is 13.8. The summed E-state index contributed by atoms with van der Waals surface area (Å²) in [6, 6.07) is 0. The highest BCUT2D eigenvalue weighted by Crippen LogP contribution is 2.42. The SMILES string of the molecule is CC(C)[Si](OCC[C@H](C)CO)(C(C)C)C(C)C. The zero-order chi connectivity index (χ0) is 13.6. The molecule has 1 N–H and O–H groups in total. The highest BCUT2D eigenvalue weighted by molar-refractivity contribution is 6.77. The normalized spacial score (nSPS) is 15.0. The minimum atomic E-state index is -1.69. The van der Waals surface area contributed by atoms with Gasteiger partial charge >= 0.3 is 0 Å². The Hall–Kier alpha value is 0.137. The Morgan fingerprint density at radius 3 is 1.59 bits per heavy atom. The van der Waals surface area contributed by atoms with Crippen molar-refractivity contribution < 1.29 is 9.53 Å². The monoisotopic (exact) mass is 260 g/mol. The van der Waals surface area contributed by atoms with Crippen LogP contribution in [0, 0.1) is 5.92 Å². The van der Waals surface area contributed by atoms with Crippen molar-refractivity contribution in [3.63, 3.8) is 0 Å². The minimum absolute atomic E-state index is 0.267. The molecule has 0 rings (SSSR count). The second-order valence-corrected chi connectivity index (χ2v) is 11.7. The van der Waals surface area contributed by atoms with Crippen LogP contribution < -0.4 is 0 Å². The van der Waals surface area contributed by atoms with Crippen LogP contribution in [0.3, 0.4) is 0 Å². The van der Waals surface area contributed by atoms with Gasteiger partial charge in [-0.2, -0.15) is 0 Å². The summed E-state index contributed by atoms with van der Waals surface area (Å²) >= 11 is 0. The van der Waals surface area contributed by atoms with Crippen molar-refractivity contribution in [3.05, 3.63) is 0 Å². The van der Waals surface area contributed by atoms with Gasteiger partial charge in [0.05, 0.1) is 0 Å². The number of aliphatic hydroxyl groups excluding tert-OH is 1. The molecule has 0 aromatic carbocycles. The molecule has 0 saturated heterocycles. The maximum Gasteiger partial charge on any atom is 0.200 e. The lowest BCUT2D eigenvalue weighted by Gasteiger charge is -2.42. The summed E-state index contributed by atoms with van der Waals surface area (Å²) in [5.41, 5.74) is 1.94. The van der Waals surface area contributed by atoms with E-state index < -0.39 is 8.32 Å². The predicted octanol–water partition coefficient (Wildman–Crippen LogP) is 4.20. The third-order valence-corrected chi connectivity index (χ3v) is 10.1. The summed E-state index contributed by atoms with van der Waals surface area (Å²) < 4.78 is 6.41. The van der Waals surface area contributed by atoms with Crippen LogP contribution in [0.2, 0.25) is 16.6 Å². The first kappa shape index (κ1) is 17.1. The van der Waals surface area contributed by atoms with Crippen molar-refractivity contribution in [1.29, 1.82) is 0 Å². The molecule has 0 radical (unpaired) electrons. The van der Waals surface area contributed by atoms with Crippen molar-refractivity contribution in [2.24, 2.45) is 5.92 Å². The quantitative estimate of drug-likeness (QED) is 0.663. The number of hydrogen-bond acceptors (Lipinski definition) is 2. The number of aliphatic hydroxyl groups is 1. The van der Waals surface area contributed by atoms with Crippen molar-refractivity contribution in [2.45, 2.75) is 71.5 Å². The summed E-state index contributed by atoms with van der Waals surface area (Å²) in [5.74, 6) is 0.355. The van der Waals surface area contributed by atoms with Crippen LogP contribution in [-0.4, -0.2) is 26.6 Å². The fraction of sp³-hybridized carbons (Fsp3) is 1.00. The van der Waals surface area contributed by atoms with Crippen LogP contribution in [-0.2, 0) is 4.43 Å². The molecular weight excluding hydrogens is 228 g/mol. The molecule has 0 spiro atoms. The van der Waals surface area contributed by atoms with E-state index in [1.54, 1.807) is 0 Å². The standard InChI is InChI=1S/C14H32O2Si/c1-11(2)17(12(3)4,13(5)6)16-9-8-14(7)10-15/h11-15H,8-10H2,1-7H3/t14-/m0/s1. The van der Waals surface area contributed by atoms with E-state index in [1.807, 2.05) is 0 Å². The van der Waals surface area contributed by atoms with Gasteiger partial charge in [0.25, 0.3) is 0 Å². The third kappa shape index (κ3) is 4.38. The van der Waals surface area contributed by atoms with Gasteiger partial charge in [-0.15, -0.1) is 0 Å². The lowest BCUT2D eigenvalue weighted by atomic mass is 10.1. The second-order valence-electron chi connectivity index (χ2n) is 6.24. The minimum Gasteiger partial charge on any atom is -0.416 e. The lowest BCUT2D eigenvalue weighted by molar-refractivity contribution is 0.192. The van der Waals surface area contributed by atoms with E-state index in [-0.39, 0.29) is 6.61 Å². The molecule has 0 fully saturated rings. The molecule has 0 bridgehead atoms. The van der Waals surface area contributed by atoms with Crippen molar-refractivity contribution in [3.8, 4) is 0 Å². The fourth-order valence-electron chi connectivity index (χ4n) is 3.03. The summed E-state index contributed by atoms with van der Waals surface area (Å²) in [4.78, 5) is 0. The van der Waals surface area contributed by atoms with Gasteiger partial charge < -0.3 is 9.53 Å². The maximum absolute atomic E-state index is 9.05. The third-order valence-electron chi connectivity index (χ3n) is 3.98. The molecule has 0 aliphatic rings. The molecule has 104 valence electrons. The molecule has 0 saturated carbocycles. The summed E-state index contributed by atoms with van der Waals surface area (Å²) in [6.07, 6.45) is 0.970. The molecule has 0 amide bonds. The van der Waals surface area contributed by atoms with Crippen LogP contribution in [0.5, 0.6) is 0 Å². The highest BCUT2D eigenvalue weighted by atomic mass is 28.4. The second kappa shape index (κ2) is 7.55. The molecule has 0 unspecified atom stereocenters. The predicted molar refractivity (Wildman–Crippen MR) is 77.9 cm³/mol. The molecule has 1 atom stereocenters. The van der Waals surface area contributed by atoms with Gasteiger partial charge in [-0.1, -0.05) is 48.5 Å². The fourth-order valence-corrected chi connectivity index (χ4v) is 8.50. The van der Waals surface area contributed by atoms with Gasteiger partial charge in [-0.25, -0.2) is 0 Å². The Kier molecular flexibility index (Phi) is 7.61.